The molecule has 0 aliphatic heterocycles. The molecule has 0 aliphatic rings. The van der Waals surface area contributed by atoms with Gasteiger partial charge in [-0.2, -0.15) is 0 Å². The summed E-state index contributed by atoms with van der Waals surface area (Å²) in [7, 11) is 0. The van der Waals surface area contributed by atoms with Crippen molar-refractivity contribution in [3.63, 3.8) is 0 Å². The van der Waals surface area contributed by atoms with Crippen LogP contribution in [0.25, 0.3) is 0 Å². The van der Waals surface area contributed by atoms with Crippen molar-refractivity contribution in [3.05, 3.63) is 28.7 Å². The van der Waals surface area contributed by atoms with Crippen LogP contribution in [0.1, 0.15) is 21.9 Å². The second-order valence-corrected chi connectivity index (χ2v) is 4.38. The van der Waals surface area contributed by atoms with Crippen LogP contribution in [0.2, 0.25) is 0 Å². The molecule has 1 heterocycles. The summed E-state index contributed by atoms with van der Waals surface area (Å²) in [4.78, 5) is 25.8. The zero-order chi connectivity index (χ0) is 13.4. The Balaban J connectivity index is 2.22. The van der Waals surface area contributed by atoms with Crippen molar-refractivity contribution in [1.29, 1.82) is 0 Å². The number of carbonyl (C=O) groups excluding carboxylic acids is 1. The molecular weight excluding hydrogens is 254 g/mol. The lowest BCUT2D eigenvalue weighted by Crippen LogP contribution is -2.36. The largest absolute Gasteiger partial charge is 0.476 e. The lowest BCUT2D eigenvalue weighted by Gasteiger charge is -2.05. The zero-order valence-corrected chi connectivity index (χ0v) is 10.6. The lowest BCUT2D eigenvalue weighted by atomic mass is 10.4. The third-order valence-electron chi connectivity index (χ3n) is 2.03. The van der Waals surface area contributed by atoms with E-state index in [1.54, 1.807) is 6.08 Å². The number of aromatic carboxylic acids is 1. The number of carboxylic acids is 1. The third-order valence-corrected chi connectivity index (χ3v) is 2.94. The molecule has 0 aromatic carbocycles. The first-order valence-electron chi connectivity index (χ1n) is 5.43. The molecule has 0 fully saturated rings. The second kappa shape index (κ2) is 7.44. The van der Waals surface area contributed by atoms with E-state index in [1.807, 2.05) is 0 Å². The number of rotatable bonds is 7. The Hall–Kier alpha value is -1.89. The third kappa shape index (κ3) is 4.96. The van der Waals surface area contributed by atoms with E-state index in [1.165, 1.54) is 16.7 Å². The number of urea groups is 1. The number of thiazole rings is 1. The number of carbonyl (C=O) groups is 2. The quantitative estimate of drug-likeness (QED) is 0.513. The smallest absolute Gasteiger partial charge is 0.355 e. The van der Waals surface area contributed by atoms with Gasteiger partial charge in [0, 0.05) is 24.9 Å². The molecule has 2 amide bonds. The van der Waals surface area contributed by atoms with Gasteiger partial charge in [-0.1, -0.05) is 6.08 Å². The molecule has 0 atom stereocenters. The standard InChI is InChI=1S/C11H15N3O3S/c1-2-3-5-12-11(17)13-6-4-9-14-8(7-18-9)10(15)16/h2,7H,1,3-6H2,(H,15,16)(H2,12,13,17). The molecule has 3 N–H and O–H groups in total. The molecule has 1 aromatic heterocycles. The Morgan fingerprint density at radius 1 is 1.44 bits per heavy atom. The van der Waals surface area contributed by atoms with Gasteiger partial charge in [-0.3, -0.25) is 0 Å². The summed E-state index contributed by atoms with van der Waals surface area (Å²) in [5.41, 5.74) is 0.0467. The van der Waals surface area contributed by atoms with E-state index in [0.717, 1.165) is 6.42 Å². The van der Waals surface area contributed by atoms with Gasteiger partial charge in [-0.25, -0.2) is 14.6 Å². The second-order valence-electron chi connectivity index (χ2n) is 3.44. The van der Waals surface area contributed by atoms with Crippen molar-refractivity contribution < 1.29 is 14.7 Å². The van der Waals surface area contributed by atoms with Crippen LogP contribution in [-0.4, -0.2) is 35.2 Å². The zero-order valence-electron chi connectivity index (χ0n) is 9.81. The van der Waals surface area contributed by atoms with Crippen LogP contribution in [0.15, 0.2) is 18.0 Å². The summed E-state index contributed by atoms with van der Waals surface area (Å²) in [6.07, 6.45) is 2.97. The molecule has 0 saturated carbocycles. The molecule has 7 heteroatoms. The summed E-state index contributed by atoms with van der Waals surface area (Å²) < 4.78 is 0. The Morgan fingerprint density at radius 3 is 2.78 bits per heavy atom. The molecule has 98 valence electrons. The minimum absolute atomic E-state index is 0.0467. The van der Waals surface area contributed by atoms with E-state index in [9.17, 15) is 9.59 Å². The van der Waals surface area contributed by atoms with Crippen LogP contribution in [-0.2, 0) is 6.42 Å². The topological polar surface area (TPSA) is 91.3 Å². The average molecular weight is 269 g/mol. The number of nitrogens with zero attached hydrogens (tertiary/aromatic N) is 1. The predicted octanol–water partition coefficient (Wildman–Crippen LogP) is 1.26. The molecule has 1 rings (SSSR count). The number of hydrogen-bond donors (Lipinski definition) is 3. The maximum Gasteiger partial charge on any atom is 0.355 e. The van der Waals surface area contributed by atoms with Gasteiger partial charge in [0.1, 0.15) is 0 Å². The van der Waals surface area contributed by atoms with E-state index in [0.29, 0.717) is 24.5 Å². The highest BCUT2D eigenvalue weighted by atomic mass is 32.1. The maximum absolute atomic E-state index is 11.3. The van der Waals surface area contributed by atoms with Crippen LogP contribution in [0, 0.1) is 0 Å². The van der Waals surface area contributed by atoms with E-state index >= 15 is 0 Å². The Morgan fingerprint density at radius 2 is 2.17 bits per heavy atom. The Kier molecular flexibility index (Phi) is 5.86. The fourth-order valence-corrected chi connectivity index (χ4v) is 1.93. The van der Waals surface area contributed by atoms with Gasteiger partial charge in [0.25, 0.3) is 0 Å². The Labute approximate surface area is 109 Å². The minimum Gasteiger partial charge on any atom is -0.476 e. The Bertz CT molecular complexity index is 431. The molecule has 0 spiro atoms. The fraction of sp³-hybridized carbons (Fsp3) is 0.364. The van der Waals surface area contributed by atoms with Gasteiger partial charge in [-0.05, 0) is 6.42 Å². The first kappa shape index (κ1) is 14.2. The highest BCUT2D eigenvalue weighted by Gasteiger charge is 2.08. The van der Waals surface area contributed by atoms with Gasteiger partial charge >= 0.3 is 12.0 Å². The first-order chi connectivity index (χ1) is 8.63. The van der Waals surface area contributed by atoms with Crippen molar-refractivity contribution in [2.45, 2.75) is 12.8 Å². The fourth-order valence-electron chi connectivity index (χ4n) is 1.16. The van der Waals surface area contributed by atoms with E-state index < -0.39 is 5.97 Å². The maximum atomic E-state index is 11.3. The predicted molar refractivity (Wildman–Crippen MR) is 69.0 cm³/mol. The van der Waals surface area contributed by atoms with Gasteiger partial charge in [0.05, 0.1) is 5.01 Å². The van der Waals surface area contributed by atoms with Crippen molar-refractivity contribution >= 4 is 23.3 Å². The van der Waals surface area contributed by atoms with Crippen LogP contribution in [0.4, 0.5) is 4.79 Å². The normalized spacial score (nSPS) is 9.78. The number of nitrogens with one attached hydrogen (secondary N) is 2. The number of hydrogen-bond acceptors (Lipinski definition) is 4. The van der Waals surface area contributed by atoms with E-state index in [4.69, 9.17) is 5.11 Å². The molecule has 0 saturated heterocycles. The van der Waals surface area contributed by atoms with Crippen LogP contribution < -0.4 is 10.6 Å². The van der Waals surface area contributed by atoms with Crippen molar-refractivity contribution in [3.8, 4) is 0 Å². The van der Waals surface area contributed by atoms with Crippen LogP contribution >= 0.6 is 11.3 Å². The van der Waals surface area contributed by atoms with Crippen LogP contribution in [0.5, 0.6) is 0 Å². The number of aromatic nitrogens is 1. The van der Waals surface area contributed by atoms with Gasteiger partial charge in [-0.15, -0.1) is 17.9 Å². The SMILES string of the molecule is C=CCCNC(=O)NCCc1nc(C(=O)O)cs1. The van der Waals surface area contributed by atoms with Gasteiger partial charge in [0.2, 0.25) is 0 Å². The van der Waals surface area contributed by atoms with Gasteiger partial charge < -0.3 is 15.7 Å². The molecule has 0 aliphatic carbocycles. The summed E-state index contributed by atoms with van der Waals surface area (Å²) in [5.74, 6) is -1.03. The van der Waals surface area contributed by atoms with Crippen molar-refractivity contribution in [2.75, 3.05) is 13.1 Å². The highest BCUT2D eigenvalue weighted by Crippen LogP contribution is 2.09. The molecule has 18 heavy (non-hydrogen) atoms. The minimum atomic E-state index is -1.03. The summed E-state index contributed by atoms with van der Waals surface area (Å²) in [6.45, 7) is 4.52. The monoisotopic (exact) mass is 269 g/mol. The van der Waals surface area contributed by atoms with E-state index in [-0.39, 0.29) is 11.7 Å². The molecule has 0 radical (unpaired) electrons. The number of carboxylic acid groups (broad SMARTS) is 1. The molecule has 0 unspecified atom stereocenters. The van der Waals surface area contributed by atoms with E-state index in [2.05, 4.69) is 22.2 Å². The van der Waals surface area contributed by atoms with Crippen molar-refractivity contribution in [2.24, 2.45) is 0 Å². The lowest BCUT2D eigenvalue weighted by molar-refractivity contribution is 0.0691. The van der Waals surface area contributed by atoms with Crippen LogP contribution in [0.3, 0.4) is 0 Å². The summed E-state index contributed by atoms with van der Waals surface area (Å²) in [5, 5.41) is 16.2. The summed E-state index contributed by atoms with van der Waals surface area (Å²) in [6, 6.07) is -0.244. The molecule has 0 bridgehead atoms. The summed E-state index contributed by atoms with van der Waals surface area (Å²) >= 11 is 1.27. The first-order valence-corrected chi connectivity index (χ1v) is 6.31. The van der Waals surface area contributed by atoms with Crippen molar-refractivity contribution in [1.82, 2.24) is 15.6 Å². The number of amides is 2. The highest BCUT2D eigenvalue weighted by molar-refractivity contribution is 7.09. The molecule has 6 nitrogen and oxygen atoms in total. The van der Waals surface area contributed by atoms with Gasteiger partial charge in [0.15, 0.2) is 5.69 Å². The molecular formula is C11H15N3O3S. The average Bonchev–Trinajstić information content (AvgIpc) is 2.78. The molecule has 1 aromatic rings.